The Balaban J connectivity index is 2.82. The first-order chi connectivity index (χ1) is 9.66. The summed E-state index contributed by atoms with van der Waals surface area (Å²) in [7, 11) is -3.66. The summed E-state index contributed by atoms with van der Waals surface area (Å²) >= 11 is 0. The van der Waals surface area contributed by atoms with Crippen molar-refractivity contribution in [2.45, 2.75) is 51.9 Å². The fourth-order valence-corrected chi connectivity index (χ4v) is 3.85. The van der Waals surface area contributed by atoms with Crippen LogP contribution in [0.2, 0.25) is 0 Å². The van der Waals surface area contributed by atoms with E-state index in [1.165, 1.54) is 6.92 Å². The smallest absolute Gasteiger partial charge is 0.241 e. The van der Waals surface area contributed by atoms with Gasteiger partial charge in [-0.3, -0.25) is 0 Å². The Bertz CT molecular complexity index is 598. The molecule has 0 amide bonds. The van der Waals surface area contributed by atoms with Crippen molar-refractivity contribution in [3.63, 3.8) is 0 Å². The third-order valence-electron chi connectivity index (χ3n) is 3.47. The number of anilines is 1. The number of hydrogen-bond donors (Lipinski definition) is 2. The van der Waals surface area contributed by atoms with Crippen LogP contribution in [0.3, 0.4) is 0 Å². The molecule has 0 heterocycles. The molecule has 6 heteroatoms. The van der Waals surface area contributed by atoms with E-state index in [2.05, 4.69) is 18.6 Å². The topological polar surface area (TPSA) is 72.2 Å². The van der Waals surface area contributed by atoms with E-state index in [9.17, 15) is 12.8 Å². The summed E-state index contributed by atoms with van der Waals surface area (Å²) in [5, 5.41) is 0. The summed E-state index contributed by atoms with van der Waals surface area (Å²) in [6, 6.07) is 1.16. The van der Waals surface area contributed by atoms with Crippen LogP contribution in [0.25, 0.3) is 0 Å². The number of sulfonamides is 1. The Morgan fingerprint density at radius 3 is 2.48 bits per heavy atom. The van der Waals surface area contributed by atoms with Crippen molar-refractivity contribution in [3.8, 4) is 0 Å². The minimum atomic E-state index is -3.66. The number of nitrogens with two attached hydrogens (primary N) is 1. The second-order valence-corrected chi connectivity index (χ2v) is 7.53. The Hall–Kier alpha value is -1.14. The molecule has 1 aromatic rings. The average Bonchev–Trinajstić information content (AvgIpc) is 2.34. The van der Waals surface area contributed by atoms with E-state index < -0.39 is 15.8 Å². The molecule has 0 saturated carbocycles. The van der Waals surface area contributed by atoms with Crippen LogP contribution in [0, 0.1) is 25.6 Å². The van der Waals surface area contributed by atoms with Crippen LogP contribution in [-0.4, -0.2) is 15.0 Å². The number of halogens is 1. The lowest BCUT2D eigenvalue weighted by molar-refractivity contribution is 0.530. The first-order valence-corrected chi connectivity index (χ1v) is 8.70. The third kappa shape index (κ3) is 4.68. The predicted octanol–water partition coefficient (Wildman–Crippen LogP) is 3.13. The van der Waals surface area contributed by atoms with Crippen LogP contribution in [0.1, 0.15) is 44.2 Å². The molecule has 0 aliphatic heterocycles. The van der Waals surface area contributed by atoms with Crippen LogP contribution in [0.4, 0.5) is 10.1 Å². The van der Waals surface area contributed by atoms with E-state index >= 15 is 0 Å². The van der Waals surface area contributed by atoms with Crippen molar-refractivity contribution in [2.24, 2.45) is 5.92 Å². The summed E-state index contributed by atoms with van der Waals surface area (Å²) in [6.45, 7) is 7.75. The van der Waals surface area contributed by atoms with Crippen LogP contribution in [-0.2, 0) is 10.0 Å². The van der Waals surface area contributed by atoms with Crippen LogP contribution in [0.15, 0.2) is 11.0 Å². The van der Waals surface area contributed by atoms with Gasteiger partial charge in [0.15, 0.2) is 0 Å². The molecule has 0 spiro atoms. The SMILES string of the molecule is Cc1cc(F)c(N)c(C)c1S(=O)(=O)NCCCCC(C)C. The van der Waals surface area contributed by atoms with Crippen molar-refractivity contribution < 1.29 is 12.8 Å². The minimum Gasteiger partial charge on any atom is -0.396 e. The molecule has 0 unspecified atom stereocenters. The number of hydrogen-bond acceptors (Lipinski definition) is 3. The maximum atomic E-state index is 13.5. The maximum absolute atomic E-state index is 13.5. The van der Waals surface area contributed by atoms with Crippen LogP contribution in [0.5, 0.6) is 0 Å². The zero-order chi connectivity index (χ0) is 16.2. The van der Waals surface area contributed by atoms with Gasteiger partial charge in [0.25, 0.3) is 0 Å². The second kappa shape index (κ2) is 7.22. The van der Waals surface area contributed by atoms with Gasteiger partial charge >= 0.3 is 0 Å². The lowest BCUT2D eigenvalue weighted by Gasteiger charge is -2.14. The van der Waals surface area contributed by atoms with Gasteiger partial charge in [0.1, 0.15) is 5.82 Å². The molecule has 0 radical (unpaired) electrons. The van der Waals surface area contributed by atoms with E-state index in [0.717, 1.165) is 25.3 Å². The van der Waals surface area contributed by atoms with E-state index in [-0.39, 0.29) is 16.1 Å². The van der Waals surface area contributed by atoms with Crippen molar-refractivity contribution in [1.29, 1.82) is 0 Å². The lowest BCUT2D eigenvalue weighted by Crippen LogP contribution is -2.26. The van der Waals surface area contributed by atoms with Gasteiger partial charge in [0.2, 0.25) is 10.0 Å². The highest BCUT2D eigenvalue weighted by molar-refractivity contribution is 7.89. The van der Waals surface area contributed by atoms with Gasteiger partial charge in [-0.1, -0.05) is 26.7 Å². The second-order valence-electron chi connectivity index (χ2n) is 5.83. The number of nitrogens with one attached hydrogen (secondary N) is 1. The zero-order valence-corrected chi connectivity index (χ0v) is 14.0. The molecule has 21 heavy (non-hydrogen) atoms. The van der Waals surface area contributed by atoms with Gasteiger partial charge in [0.05, 0.1) is 10.6 Å². The monoisotopic (exact) mass is 316 g/mol. The summed E-state index contributed by atoms with van der Waals surface area (Å²) in [5.41, 5.74) is 6.12. The summed E-state index contributed by atoms with van der Waals surface area (Å²) in [6.07, 6.45) is 2.83. The third-order valence-corrected chi connectivity index (χ3v) is 5.22. The molecule has 0 bridgehead atoms. The lowest BCUT2D eigenvalue weighted by atomic mass is 10.1. The van der Waals surface area contributed by atoms with Crippen molar-refractivity contribution in [1.82, 2.24) is 4.72 Å². The number of aryl methyl sites for hydroxylation is 1. The summed E-state index contributed by atoms with van der Waals surface area (Å²) in [5.74, 6) is 0.0314. The van der Waals surface area contributed by atoms with Gasteiger partial charge in [-0.2, -0.15) is 0 Å². The standard InChI is InChI=1S/C15H25FN2O2S/c1-10(2)7-5-6-8-18-21(19,20)15-11(3)9-13(16)14(17)12(15)4/h9-10,18H,5-8,17H2,1-4H3. The van der Waals surface area contributed by atoms with E-state index in [0.29, 0.717) is 18.0 Å². The molecule has 0 saturated heterocycles. The zero-order valence-electron chi connectivity index (χ0n) is 13.2. The molecule has 1 rings (SSSR count). The average molecular weight is 316 g/mol. The largest absolute Gasteiger partial charge is 0.396 e. The first kappa shape index (κ1) is 17.9. The number of rotatable bonds is 7. The highest BCUT2D eigenvalue weighted by Gasteiger charge is 2.22. The first-order valence-electron chi connectivity index (χ1n) is 7.21. The molecule has 0 aliphatic rings. The molecule has 0 aromatic heterocycles. The molecule has 4 nitrogen and oxygen atoms in total. The van der Waals surface area contributed by atoms with Gasteiger partial charge < -0.3 is 5.73 Å². The van der Waals surface area contributed by atoms with E-state index in [1.807, 2.05) is 0 Å². The molecule has 1 aromatic carbocycles. The van der Waals surface area contributed by atoms with Gasteiger partial charge in [0, 0.05) is 6.54 Å². The molecule has 120 valence electrons. The fourth-order valence-electron chi connectivity index (χ4n) is 2.30. The Labute approximate surface area is 127 Å². The number of unbranched alkanes of at least 4 members (excludes halogenated alkanes) is 1. The molecular weight excluding hydrogens is 291 g/mol. The Morgan fingerprint density at radius 1 is 1.29 bits per heavy atom. The summed E-state index contributed by atoms with van der Waals surface area (Å²) in [4.78, 5) is 0.0882. The quantitative estimate of drug-likeness (QED) is 0.599. The van der Waals surface area contributed by atoms with Gasteiger partial charge in [-0.15, -0.1) is 0 Å². The molecule has 0 atom stereocenters. The predicted molar refractivity (Wildman–Crippen MR) is 84.2 cm³/mol. The Morgan fingerprint density at radius 2 is 1.90 bits per heavy atom. The molecular formula is C15H25FN2O2S. The molecule has 0 fully saturated rings. The van der Waals surface area contributed by atoms with Crippen molar-refractivity contribution in [2.75, 3.05) is 12.3 Å². The normalized spacial score (nSPS) is 12.1. The maximum Gasteiger partial charge on any atom is 0.241 e. The van der Waals surface area contributed by atoms with Crippen LogP contribution < -0.4 is 10.5 Å². The van der Waals surface area contributed by atoms with Gasteiger partial charge in [-0.25, -0.2) is 17.5 Å². The van der Waals surface area contributed by atoms with E-state index in [4.69, 9.17) is 5.73 Å². The van der Waals surface area contributed by atoms with E-state index in [1.54, 1.807) is 6.92 Å². The molecule has 0 aliphatic carbocycles. The molecule has 3 N–H and O–H groups in total. The minimum absolute atomic E-state index is 0.0882. The summed E-state index contributed by atoms with van der Waals surface area (Å²) < 4.78 is 40.8. The van der Waals surface area contributed by atoms with Gasteiger partial charge in [-0.05, 0) is 43.4 Å². The van der Waals surface area contributed by atoms with Crippen molar-refractivity contribution >= 4 is 15.7 Å². The highest BCUT2D eigenvalue weighted by atomic mass is 32.2. The van der Waals surface area contributed by atoms with Crippen molar-refractivity contribution in [3.05, 3.63) is 23.0 Å². The van der Waals surface area contributed by atoms with Crippen LogP contribution >= 0.6 is 0 Å². The fraction of sp³-hybridized carbons (Fsp3) is 0.600. The highest BCUT2D eigenvalue weighted by Crippen LogP contribution is 2.27. The number of nitrogen functional groups attached to an aromatic ring is 1. The number of benzene rings is 1. The Kier molecular flexibility index (Phi) is 6.16.